The van der Waals surface area contributed by atoms with Crippen LogP contribution in [0, 0.1) is 0 Å². The lowest BCUT2D eigenvalue weighted by Crippen LogP contribution is -2.33. The Kier molecular flexibility index (Phi) is 6.23. The van der Waals surface area contributed by atoms with E-state index < -0.39 is 0 Å². The van der Waals surface area contributed by atoms with Gasteiger partial charge in [0, 0.05) is 37.6 Å². The molecule has 2 heterocycles. The number of pyridine rings is 1. The van der Waals surface area contributed by atoms with Gasteiger partial charge >= 0.3 is 0 Å². The van der Waals surface area contributed by atoms with E-state index in [1.165, 1.54) is 5.56 Å². The van der Waals surface area contributed by atoms with E-state index in [0.29, 0.717) is 18.3 Å². The van der Waals surface area contributed by atoms with Crippen molar-refractivity contribution in [1.82, 2.24) is 10.3 Å². The molecule has 2 aromatic rings. The maximum atomic E-state index is 12.5. The number of hydrogen-bond donors (Lipinski definition) is 1. The highest BCUT2D eigenvalue weighted by Gasteiger charge is 2.18. The molecule has 1 fully saturated rings. The summed E-state index contributed by atoms with van der Waals surface area (Å²) < 4.78 is 5.56. The monoisotopic (exact) mass is 353 g/mol. The summed E-state index contributed by atoms with van der Waals surface area (Å²) in [6.45, 7) is 6.43. The highest BCUT2D eigenvalue weighted by atomic mass is 16.5. The molecule has 1 unspecified atom stereocenters. The van der Waals surface area contributed by atoms with Crippen LogP contribution < -0.4 is 10.2 Å². The minimum Gasteiger partial charge on any atom is -0.376 e. The second kappa shape index (κ2) is 8.81. The number of carbonyl (C=O) groups excluding carboxylic acids is 1. The first kappa shape index (κ1) is 18.4. The fraction of sp³-hybridized carbons (Fsp3) is 0.429. The fourth-order valence-corrected chi connectivity index (χ4v) is 3.18. The van der Waals surface area contributed by atoms with E-state index in [4.69, 9.17) is 4.74 Å². The number of hydrogen-bond acceptors (Lipinski definition) is 4. The average molecular weight is 353 g/mol. The third-order valence-electron chi connectivity index (χ3n) is 4.64. The standard InChI is InChI=1S/C21H27N3O2/c1-16(2)24(15-17-7-4-3-5-8-17)18-10-11-22-20(13-18)21(25)23-14-19-9-6-12-26-19/h3-5,7-8,10-11,13,16,19H,6,9,12,14-15H2,1-2H3,(H,23,25). The van der Waals surface area contributed by atoms with Gasteiger partial charge < -0.3 is 15.0 Å². The Morgan fingerprint density at radius 2 is 2.12 bits per heavy atom. The second-order valence-electron chi connectivity index (χ2n) is 6.95. The molecule has 26 heavy (non-hydrogen) atoms. The summed E-state index contributed by atoms with van der Waals surface area (Å²) in [6.07, 6.45) is 3.91. The number of aromatic nitrogens is 1. The molecule has 1 aliphatic rings. The van der Waals surface area contributed by atoms with Crippen LogP contribution in [-0.2, 0) is 11.3 Å². The molecule has 5 nitrogen and oxygen atoms in total. The Labute approximate surface area is 155 Å². The molecule has 0 saturated carbocycles. The highest BCUT2D eigenvalue weighted by Crippen LogP contribution is 2.20. The molecule has 0 bridgehead atoms. The minimum absolute atomic E-state index is 0.132. The Morgan fingerprint density at radius 3 is 2.81 bits per heavy atom. The highest BCUT2D eigenvalue weighted by molar-refractivity contribution is 5.93. The van der Waals surface area contributed by atoms with Crippen molar-refractivity contribution in [2.45, 2.75) is 45.4 Å². The van der Waals surface area contributed by atoms with Gasteiger partial charge in [-0.3, -0.25) is 9.78 Å². The molecule has 1 atom stereocenters. The van der Waals surface area contributed by atoms with Gasteiger partial charge in [0.15, 0.2) is 0 Å². The molecule has 0 radical (unpaired) electrons. The van der Waals surface area contributed by atoms with E-state index in [1.54, 1.807) is 6.20 Å². The van der Waals surface area contributed by atoms with Gasteiger partial charge in [0.05, 0.1) is 6.10 Å². The molecular formula is C21H27N3O2. The molecule has 1 N–H and O–H groups in total. The lowest BCUT2D eigenvalue weighted by atomic mass is 10.1. The summed E-state index contributed by atoms with van der Waals surface area (Å²) in [7, 11) is 0. The third kappa shape index (κ3) is 4.82. The van der Waals surface area contributed by atoms with Crippen molar-refractivity contribution in [2.24, 2.45) is 0 Å². The van der Waals surface area contributed by atoms with Crippen molar-refractivity contribution in [3.8, 4) is 0 Å². The van der Waals surface area contributed by atoms with Gasteiger partial charge in [0.25, 0.3) is 5.91 Å². The number of nitrogens with zero attached hydrogens (tertiary/aromatic N) is 2. The van der Waals surface area contributed by atoms with Gasteiger partial charge in [0.1, 0.15) is 5.69 Å². The zero-order valence-electron chi connectivity index (χ0n) is 15.5. The van der Waals surface area contributed by atoms with E-state index in [-0.39, 0.29) is 12.0 Å². The van der Waals surface area contributed by atoms with E-state index in [9.17, 15) is 4.79 Å². The third-order valence-corrected chi connectivity index (χ3v) is 4.64. The summed E-state index contributed by atoms with van der Waals surface area (Å²) in [6, 6.07) is 14.5. The zero-order valence-corrected chi connectivity index (χ0v) is 15.5. The Balaban J connectivity index is 1.70. The van der Waals surface area contributed by atoms with E-state index in [2.05, 4.69) is 41.2 Å². The Morgan fingerprint density at radius 1 is 1.31 bits per heavy atom. The van der Waals surface area contributed by atoms with Crippen LogP contribution in [-0.4, -0.2) is 36.2 Å². The van der Waals surface area contributed by atoms with Crippen molar-refractivity contribution >= 4 is 11.6 Å². The van der Waals surface area contributed by atoms with Crippen molar-refractivity contribution < 1.29 is 9.53 Å². The minimum atomic E-state index is -0.147. The maximum absolute atomic E-state index is 12.5. The number of benzene rings is 1. The summed E-state index contributed by atoms with van der Waals surface area (Å²) in [5.41, 5.74) is 2.68. The normalized spacial score (nSPS) is 16.7. The zero-order chi connectivity index (χ0) is 18.4. The molecule has 1 saturated heterocycles. The first-order chi connectivity index (χ1) is 12.6. The number of carbonyl (C=O) groups is 1. The Bertz CT molecular complexity index is 712. The number of nitrogens with one attached hydrogen (secondary N) is 1. The first-order valence-corrected chi connectivity index (χ1v) is 9.30. The Hall–Kier alpha value is -2.40. The lowest BCUT2D eigenvalue weighted by Gasteiger charge is -2.29. The molecule has 1 aliphatic heterocycles. The molecule has 1 aromatic carbocycles. The average Bonchev–Trinajstić information content (AvgIpc) is 3.18. The second-order valence-corrected chi connectivity index (χ2v) is 6.95. The van der Waals surface area contributed by atoms with Crippen molar-refractivity contribution in [3.63, 3.8) is 0 Å². The largest absolute Gasteiger partial charge is 0.376 e. The van der Waals surface area contributed by atoms with Gasteiger partial charge in [-0.15, -0.1) is 0 Å². The van der Waals surface area contributed by atoms with Crippen LogP contribution in [0.25, 0.3) is 0 Å². The molecule has 1 amide bonds. The maximum Gasteiger partial charge on any atom is 0.270 e. The number of ether oxygens (including phenoxy) is 1. The molecule has 1 aromatic heterocycles. The molecule has 0 aliphatic carbocycles. The number of anilines is 1. The smallest absolute Gasteiger partial charge is 0.270 e. The van der Waals surface area contributed by atoms with Crippen LogP contribution in [0.15, 0.2) is 48.7 Å². The summed E-state index contributed by atoms with van der Waals surface area (Å²) >= 11 is 0. The topological polar surface area (TPSA) is 54.5 Å². The number of rotatable bonds is 7. The number of amides is 1. The van der Waals surface area contributed by atoms with E-state index in [0.717, 1.165) is 31.7 Å². The van der Waals surface area contributed by atoms with Crippen molar-refractivity contribution in [2.75, 3.05) is 18.1 Å². The molecule has 3 rings (SSSR count). The SMILES string of the molecule is CC(C)N(Cc1ccccc1)c1ccnc(C(=O)NCC2CCCO2)c1. The summed E-state index contributed by atoms with van der Waals surface area (Å²) in [4.78, 5) is 19.0. The van der Waals surface area contributed by atoms with Gasteiger partial charge in [-0.25, -0.2) is 0 Å². The van der Waals surface area contributed by atoms with Crippen LogP contribution in [0.2, 0.25) is 0 Å². The summed E-state index contributed by atoms with van der Waals surface area (Å²) in [5.74, 6) is -0.147. The lowest BCUT2D eigenvalue weighted by molar-refractivity contribution is 0.0853. The van der Waals surface area contributed by atoms with Crippen LogP contribution in [0.1, 0.15) is 42.7 Å². The molecular weight excluding hydrogens is 326 g/mol. The van der Waals surface area contributed by atoms with Crippen LogP contribution >= 0.6 is 0 Å². The predicted octanol–water partition coefficient (Wildman–Crippen LogP) is 3.41. The van der Waals surface area contributed by atoms with Crippen LogP contribution in [0.5, 0.6) is 0 Å². The van der Waals surface area contributed by atoms with Crippen molar-refractivity contribution in [3.05, 3.63) is 59.9 Å². The quantitative estimate of drug-likeness (QED) is 0.829. The molecule has 138 valence electrons. The van der Waals surface area contributed by atoms with E-state index >= 15 is 0 Å². The molecule has 0 spiro atoms. The van der Waals surface area contributed by atoms with Gasteiger partial charge in [0.2, 0.25) is 0 Å². The van der Waals surface area contributed by atoms with Gasteiger partial charge in [-0.05, 0) is 44.4 Å². The van der Waals surface area contributed by atoms with Gasteiger partial charge in [-0.1, -0.05) is 30.3 Å². The summed E-state index contributed by atoms with van der Waals surface area (Å²) in [5, 5.41) is 2.94. The van der Waals surface area contributed by atoms with Crippen molar-refractivity contribution in [1.29, 1.82) is 0 Å². The van der Waals surface area contributed by atoms with Crippen LogP contribution in [0.3, 0.4) is 0 Å². The van der Waals surface area contributed by atoms with E-state index in [1.807, 2.05) is 30.3 Å². The first-order valence-electron chi connectivity index (χ1n) is 9.30. The van der Waals surface area contributed by atoms with Crippen LogP contribution in [0.4, 0.5) is 5.69 Å². The fourth-order valence-electron chi connectivity index (χ4n) is 3.18. The predicted molar refractivity (Wildman–Crippen MR) is 103 cm³/mol. The van der Waals surface area contributed by atoms with Gasteiger partial charge in [-0.2, -0.15) is 0 Å². The molecule has 5 heteroatoms.